The van der Waals surface area contributed by atoms with Crippen molar-refractivity contribution in [1.82, 2.24) is 10.2 Å². The molecule has 6 nitrogen and oxygen atoms in total. The molecule has 0 radical (unpaired) electrons. The zero-order valence-corrected chi connectivity index (χ0v) is 20.0. The molecule has 174 valence electrons. The number of nitrogens with one attached hydrogen (secondary N) is 1. The Bertz CT molecular complexity index is 871. The summed E-state index contributed by atoms with van der Waals surface area (Å²) in [4.78, 5) is 27.6. The van der Waals surface area contributed by atoms with Gasteiger partial charge >= 0.3 is 0 Å². The number of carbonyl (C=O) groups excluding carboxylic acids is 2. The second-order valence-electron chi connectivity index (χ2n) is 7.83. The number of rotatable bonds is 12. The maximum Gasteiger partial charge on any atom is 0.243 e. The van der Waals surface area contributed by atoms with Gasteiger partial charge in [0.2, 0.25) is 11.8 Å². The van der Waals surface area contributed by atoms with E-state index in [1.807, 2.05) is 63.2 Å². The molecule has 2 rings (SSSR count). The number of methoxy groups -OCH3 is 1. The van der Waals surface area contributed by atoms with E-state index in [1.54, 1.807) is 18.1 Å². The van der Waals surface area contributed by atoms with Gasteiger partial charge in [-0.25, -0.2) is 0 Å². The zero-order chi connectivity index (χ0) is 23.5. The Kier molecular flexibility index (Phi) is 10.3. The van der Waals surface area contributed by atoms with Gasteiger partial charge in [-0.15, -0.1) is 0 Å². The zero-order valence-electron chi connectivity index (χ0n) is 19.3. The van der Waals surface area contributed by atoms with E-state index in [-0.39, 0.29) is 30.8 Å². The van der Waals surface area contributed by atoms with E-state index in [9.17, 15) is 9.59 Å². The lowest BCUT2D eigenvalue weighted by atomic mass is 10.1. The van der Waals surface area contributed by atoms with Crippen molar-refractivity contribution >= 4 is 23.4 Å². The minimum absolute atomic E-state index is 0.00767. The quantitative estimate of drug-likeness (QED) is 0.460. The number of halogens is 1. The van der Waals surface area contributed by atoms with Crippen molar-refractivity contribution in [3.63, 3.8) is 0 Å². The van der Waals surface area contributed by atoms with Gasteiger partial charge < -0.3 is 19.7 Å². The van der Waals surface area contributed by atoms with Crippen LogP contribution in [0.2, 0.25) is 5.02 Å². The summed E-state index contributed by atoms with van der Waals surface area (Å²) in [5, 5.41) is 3.50. The molecule has 0 aliphatic carbocycles. The normalized spacial score (nSPS) is 11.7. The summed E-state index contributed by atoms with van der Waals surface area (Å²) < 4.78 is 10.9. The topological polar surface area (TPSA) is 67.9 Å². The van der Waals surface area contributed by atoms with Crippen molar-refractivity contribution in [2.45, 2.75) is 58.7 Å². The molecule has 0 aromatic heterocycles. The molecule has 0 saturated heterocycles. The molecule has 1 N–H and O–H groups in total. The van der Waals surface area contributed by atoms with Crippen LogP contribution in [0.5, 0.6) is 11.5 Å². The number of ether oxygens (including phenoxy) is 2. The monoisotopic (exact) mass is 460 g/mol. The summed E-state index contributed by atoms with van der Waals surface area (Å²) in [6, 6.07) is 14.1. The molecular formula is C25H33ClN2O4. The van der Waals surface area contributed by atoms with Crippen LogP contribution in [-0.2, 0) is 16.1 Å². The fourth-order valence-electron chi connectivity index (χ4n) is 3.34. The van der Waals surface area contributed by atoms with Crippen molar-refractivity contribution in [3.8, 4) is 11.5 Å². The van der Waals surface area contributed by atoms with Crippen LogP contribution >= 0.6 is 11.6 Å². The van der Waals surface area contributed by atoms with Crippen LogP contribution in [0.15, 0.2) is 48.5 Å². The molecule has 0 unspecified atom stereocenters. The summed E-state index contributed by atoms with van der Waals surface area (Å²) in [5.74, 6) is 1.22. The molecule has 2 aromatic rings. The fourth-order valence-corrected chi connectivity index (χ4v) is 3.53. The lowest BCUT2D eigenvalue weighted by molar-refractivity contribution is -0.141. The maximum absolute atomic E-state index is 13.2. The Hall–Kier alpha value is -2.73. The third-order valence-corrected chi connectivity index (χ3v) is 5.35. The lowest BCUT2D eigenvalue weighted by Crippen LogP contribution is -2.50. The van der Waals surface area contributed by atoms with Gasteiger partial charge in [-0.2, -0.15) is 0 Å². The van der Waals surface area contributed by atoms with Gasteiger partial charge in [0.15, 0.2) is 0 Å². The van der Waals surface area contributed by atoms with Crippen molar-refractivity contribution in [2.75, 3.05) is 13.7 Å². The summed E-state index contributed by atoms with van der Waals surface area (Å²) in [6.45, 7) is 6.39. The molecule has 32 heavy (non-hydrogen) atoms. The molecule has 2 aromatic carbocycles. The average Bonchev–Trinajstić information content (AvgIpc) is 2.77. The summed E-state index contributed by atoms with van der Waals surface area (Å²) >= 11 is 6.33. The minimum atomic E-state index is -0.566. The van der Waals surface area contributed by atoms with Gasteiger partial charge in [-0.1, -0.05) is 36.7 Å². The Labute approximate surface area is 195 Å². The van der Waals surface area contributed by atoms with E-state index in [0.29, 0.717) is 30.2 Å². The second kappa shape index (κ2) is 13.0. The molecule has 0 spiro atoms. The van der Waals surface area contributed by atoms with Crippen LogP contribution in [0, 0.1) is 0 Å². The molecule has 2 amide bonds. The second-order valence-corrected chi connectivity index (χ2v) is 8.24. The molecule has 1 atom stereocenters. The Morgan fingerprint density at radius 1 is 1.06 bits per heavy atom. The van der Waals surface area contributed by atoms with Crippen LogP contribution in [0.3, 0.4) is 0 Å². The number of hydrogen-bond acceptors (Lipinski definition) is 4. The molecule has 0 fully saturated rings. The van der Waals surface area contributed by atoms with Crippen LogP contribution in [0.4, 0.5) is 0 Å². The first-order chi connectivity index (χ1) is 15.3. The van der Waals surface area contributed by atoms with Gasteiger partial charge in [0.1, 0.15) is 17.5 Å². The van der Waals surface area contributed by atoms with Gasteiger partial charge in [0.05, 0.1) is 13.7 Å². The van der Waals surface area contributed by atoms with Crippen LogP contribution in [0.1, 0.15) is 45.6 Å². The number of nitrogens with zero attached hydrogens (tertiary/aromatic N) is 1. The van der Waals surface area contributed by atoms with E-state index in [2.05, 4.69) is 5.32 Å². The summed E-state index contributed by atoms with van der Waals surface area (Å²) in [6.07, 6.45) is 1.31. The SMILES string of the molecule is CC[C@@H](C(=O)NC(C)C)N(Cc1ccccc1Cl)C(=O)CCCOc1ccc(OC)cc1. The first kappa shape index (κ1) is 25.5. The van der Waals surface area contributed by atoms with Gasteiger partial charge in [0, 0.05) is 24.0 Å². The van der Waals surface area contributed by atoms with Crippen molar-refractivity contribution in [2.24, 2.45) is 0 Å². The molecule has 0 aliphatic rings. The third-order valence-electron chi connectivity index (χ3n) is 4.98. The van der Waals surface area contributed by atoms with Crippen molar-refractivity contribution < 1.29 is 19.1 Å². The molecule has 0 heterocycles. The van der Waals surface area contributed by atoms with Crippen molar-refractivity contribution in [3.05, 3.63) is 59.1 Å². The van der Waals surface area contributed by atoms with Crippen LogP contribution < -0.4 is 14.8 Å². The predicted molar refractivity (Wildman–Crippen MR) is 127 cm³/mol. The lowest BCUT2D eigenvalue weighted by Gasteiger charge is -2.31. The highest BCUT2D eigenvalue weighted by molar-refractivity contribution is 6.31. The third kappa shape index (κ3) is 7.75. The average molecular weight is 461 g/mol. The molecule has 0 saturated carbocycles. The Morgan fingerprint density at radius 3 is 2.31 bits per heavy atom. The van der Waals surface area contributed by atoms with Gasteiger partial charge in [0.25, 0.3) is 0 Å². The Balaban J connectivity index is 2.04. The van der Waals surface area contributed by atoms with E-state index in [0.717, 1.165) is 11.3 Å². The van der Waals surface area contributed by atoms with E-state index >= 15 is 0 Å². The molecule has 0 aliphatic heterocycles. The standard InChI is InChI=1S/C25H33ClN2O4/c1-5-23(25(30)27-18(2)3)28(17-19-9-6-7-10-22(19)26)24(29)11-8-16-32-21-14-12-20(31-4)13-15-21/h6-7,9-10,12-15,18,23H,5,8,11,16-17H2,1-4H3,(H,27,30)/t23-/m0/s1. The van der Waals surface area contributed by atoms with E-state index in [4.69, 9.17) is 21.1 Å². The number of carbonyl (C=O) groups is 2. The Morgan fingerprint density at radius 2 is 1.72 bits per heavy atom. The molecule has 0 bridgehead atoms. The highest BCUT2D eigenvalue weighted by atomic mass is 35.5. The first-order valence-electron chi connectivity index (χ1n) is 11.0. The smallest absolute Gasteiger partial charge is 0.243 e. The summed E-state index contributed by atoms with van der Waals surface area (Å²) in [5.41, 5.74) is 0.813. The first-order valence-corrected chi connectivity index (χ1v) is 11.3. The van der Waals surface area contributed by atoms with Gasteiger partial charge in [-0.3, -0.25) is 9.59 Å². The fraction of sp³-hybridized carbons (Fsp3) is 0.440. The summed E-state index contributed by atoms with van der Waals surface area (Å²) in [7, 11) is 1.61. The van der Waals surface area contributed by atoms with Gasteiger partial charge in [-0.05, 0) is 62.6 Å². The number of benzene rings is 2. The number of hydrogen-bond donors (Lipinski definition) is 1. The van der Waals surface area contributed by atoms with Crippen LogP contribution in [0.25, 0.3) is 0 Å². The largest absolute Gasteiger partial charge is 0.497 e. The maximum atomic E-state index is 13.2. The highest BCUT2D eigenvalue weighted by Crippen LogP contribution is 2.21. The van der Waals surface area contributed by atoms with E-state index < -0.39 is 6.04 Å². The number of amides is 2. The molecular weight excluding hydrogens is 428 g/mol. The molecule has 7 heteroatoms. The minimum Gasteiger partial charge on any atom is -0.497 e. The van der Waals surface area contributed by atoms with Crippen molar-refractivity contribution in [1.29, 1.82) is 0 Å². The predicted octanol–water partition coefficient (Wildman–Crippen LogP) is 4.84. The van der Waals surface area contributed by atoms with Crippen LogP contribution in [-0.4, -0.2) is 42.5 Å². The highest BCUT2D eigenvalue weighted by Gasteiger charge is 2.29. The van der Waals surface area contributed by atoms with E-state index in [1.165, 1.54) is 0 Å².